The topological polar surface area (TPSA) is 168 Å². The molecule has 1 aromatic heterocycles. The lowest BCUT2D eigenvalue weighted by atomic mass is 9.86. The molecular weight excluding hydrogens is 841 g/mol. The highest BCUT2D eigenvalue weighted by molar-refractivity contribution is 7.92. The smallest absolute Gasteiger partial charge is 0.478 e. The zero-order valence-electron chi connectivity index (χ0n) is 34.7. The number of halogens is 1. The number of hydrogen-bond donors (Lipinski definition) is 2. The Morgan fingerprint density at radius 2 is 1.46 bits per heavy atom. The molecule has 0 saturated carbocycles. The summed E-state index contributed by atoms with van der Waals surface area (Å²) < 4.78 is 68.2. The van der Waals surface area contributed by atoms with Gasteiger partial charge in [0.2, 0.25) is 12.7 Å². The number of phosphoric acid groups is 1. The summed E-state index contributed by atoms with van der Waals surface area (Å²) in [7, 11) is -7.72. The van der Waals surface area contributed by atoms with Gasteiger partial charge < -0.3 is 25.0 Å². The minimum atomic E-state index is -4.12. The Morgan fingerprint density at radius 3 is 2.07 bits per heavy atom. The minimum Gasteiger partial charge on any atom is -0.489 e. The maximum absolute atomic E-state index is 13.6. The summed E-state index contributed by atoms with van der Waals surface area (Å²) in [6.45, 7) is 9.32. The number of anilines is 4. The molecule has 4 aromatic carbocycles. The highest BCUT2D eigenvalue weighted by Gasteiger charge is 2.31. The summed E-state index contributed by atoms with van der Waals surface area (Å²) in [4.78, 5) is 23.9. The average Bonchev–Trinajstić information content (AvgIpc) is 3.25. The first-order chi connectivity index (χ1) is 29.2. The van der Waals surface area contributed by atoms with Crippen LogP contribution in [0.1, 0.15) is 68.7 Å². The summed E-state index contributed by atoms with van der Waals surface area (Å²) >= 11 is 6.50. The first-order valence-corrected chi connectivity index (χ1v) is 23.3. The van der Waals surface area contributed by atoms with E-state index in [9.17, 15) is 17.8 Å². The molecule has 5 aromatic rings. The van der Waals surface area contributed by atoms with E-state index < -0.39 is 35.8 Å². The van der Waals surface area contributed by atoms with E-state index in [0.717, 1.165) is 22.3 Å². The summed E-state index contributed by atoms with van der Waals surface area (Å²) in [5.74, 6) is 1.15. The van der Waals surface area contributed by atoms with E-state index in [0.29, 0.717) is 43.1 Å². The molecule has 17 heteroatoms. The fourth-order valence-corrected chi connectivity index (χ4v) is 8.96. The van der Waals surface area contributed by atoms with Gasteiger partial charge in [-0.1, -0.05) is 84.4 Å². The number of piperidine rings is 1. The number of phosphoric ester groups is 1. The van der Waals surface area contributed by atoms with E-state index in [2.05, 4.69) is 20.6 Å². The van der Waals surface area contributed by atoms with Crippen LogP contribution >= 0.6 is 19.4 Å². The van der Waals surface area contributed by atoms with Crippen molar-refractivity contribution in [3.05, 3.63) is 131 Å². The lowest BCUT2D eigenvalue weighted by Gasteiger charge is -2.32. The molecule has 0 unspecified atom stereocenters. The van der Waals surface area contributed by atoms with Crippen molar-refractivity contribution in [1.29, 1.82) is 0 Å². The van der Waals surface area contributed by atoms with Crippen molar-refractivity contribution in [1.82, 2.24) is 14.9 Å². The van der Waals surface area contributed by atoms with Crippen molar-refractivity contribution in [2.45, 2.75) is 82.8 Å². The van der Waals surface area contributed by atoms with Crippen LogP contribution in [0.3, 0.4) is 0 Å². The largest absolute Gasteiger partial charge is 0.489 e. The summed E-state index contributed by atoms with van der Waals surface area (Å²) in [6, 6.07) is 29.0. The Hall–Kier alpha value is -5.02. The van der Waals surface area contributed by atoms with Crippen LogP contribution in [-0.4, -0.2) is 60.6 Å². The van der Waals surface area contributed by atoms with Crippen LogP contribution in [0.2, 0.25) is 5.02 Å². The normalized spacial score (nSPS) is 13.7. The van der Waals surface area contributed by atoms with Gasteiger partial charge in [0.25, 0.3) is 0 Å². The number of para-hydroxylation sites is 1. The van der Waals surface area contributed by atoms with Crippen LogP contribution < -0.4 is 15.4 Å². The maximum atomic E-state index is 13.6. The molecule has 1 saturated heterocycles. The zero-order chi connectivity index (χ0) is 43.6. The van der Waals surface area contributed by atoms with Crippen molar-refractivity contribution in [3.8, 4) is 5.75 Å². The Kier molecular flexibility index (Phi) is 15.4. The van der Waals surface area contributed by atoms with E-state index >= 15 is 0 Å². The molecule has 14 nitrogen and oxygen atoms in total. The quantitative estimate of drug-likeness (QED) is 0.0630. The highest BCUT2D eigenvalue weighted by atomic mass is 35.5. The Bertz CT molecular complexity index is 2370. The summed E-state index contributed by atoms with van der Waals surface area (Å²) in [6.07, 6.45) is 2.00. The van der Waals surface area contributed by atoms with E-state index in [1.165, 1.54) is 6.20 Å². The van der Waals surface area contributed by atoms with E-state index in [-0.39, 0.29) is 46.9 Å². The van der Waals surface area contributed by atoms with E-state index in [1.54, 1.807) is 43.0 Å². The lowest BCUT2D eigenvalue weighted by molar-refractivity contribution is 0.00136. The van der Waals surface area contributed by atoms with Crippen LogP contribution in [0.5, 0.6) is 5.75 Å². The minimum absolute atomic E-state index is 0.0218. The molecule has 6 rings (SSSR count). The fraction of sp³-hybridized carbons (Fsp3) is 0.341. The lowest BCUT2D eigenvalue weighted by Crippen LogP contribution is -2.38. The number of carbonyl (C=O) groups excluding carboxylic acids is 1. The molecule has 1 amide bonds. The van der Waals surface area contributed by atoms with E-state index in [1.807, 2.05) is 93.6 Å². The van der Waals surface area contributed by atoms with Gasteiger partial charge in [0.1, 0.15) is 10.8 Å². The second-order valence-electron chi connectivity index (χ2n) is 15.0. The van der Waals surface area contributed by atoms with Gasteiger partial charge in [0, 0.05) is 13.1 Å². The number of hydrogen-bond acceptors (Lipinski definition) is 13. The standard InChI is InChI=1S/C44H51ClN5O9PS/c1-30(2)59-40-25-36(32(5)24-39(40)48-43-46-26-37(45)42(49-43)47-38-18-12-13-19-41(38)61(53,54)31(3)4)35-20-22-50(23-21-35)44(51)55-29-58-60(52,56-27-33-14-8-6-9-15-33)57-28-34-16-10-7-11-17-34/h6-19,24-26,30-31,35H,20-23,27-29H2,1-5H3,(H2,46,47,48,49). The summed E-state index contributed by atoms with van der Waals surface area (Å²) in [5.41, 5.74) is 4.60. The fourth-order valence-electron chi connectivity index (χ4n) is 6.60. The number of amides is 1. The monoisotopic (exact) mass is 891 g/mol. The molecule has 0 spiro atoms. The number of aromatic nitrogens is 2. The first-order valence-electron chi connectivity index (χ1n) is 19.9. The van der Waals surface area contributed by atoms with Crippen LogP contribution in [0.15, 0.2) is 108 Å². The number of carbonyl (C=O) groups is 1. The molecule has 61 heavy (non-hydrogen) atoms. The number of nitrogens with one attached hydrogen (secondary N) is 2. The third-order valence-electron chi connectivity index (χ3n) is 9.84. The molecule has 324 valence electrons. The van der Waals surface area contributed by atoms with Crippen LogP contribution in [0, 0.1) is 6.92 Å². The molecule has 0 radical (unpaired) electrons. The van der Waals surface area contributed by atoms with Crippen molar-refractivity contribution in [2.75, 3.05) is 30.5 Å². The first kappa shape index (κ1) is 45.5. The number of likely N-dealkylation sites (tertiary alicyclic amines) is 1. The van der Waals surface area contributed by atoms with Crippen molar-refractivity contribution in [3.63, 3.8) is 0 Å². The van der Waals surface area contributed by atoms with Gasteiger partial charge in [-0.2, -0.15) is 4.98 Å². The third kappa shape index (κ3) is 12.3. The average molecular weight is 892 g/mol. The maximum Gasteiger partial charge on any atom is 0.478 e. The molecular formula is C44H51ClN5O9PS. The second-order valence-corrected chi connectivity index (χ2v) is 19.5. The van der Waals surface area contributed by atoms with Crippen molar-refractivity contribution >= 4 is 58.5 Å². The molecule has 1 fully saturated rings. The zero-order valence-corrected chi connectivity index (χ0v) is 37.2. The van der Waals surface area contributed by atoms with E-state index in [4.69, 9.17) is 34.6 Å². The van der Waals surface area contributed by atoms with Gasteiger partial charge in [-0.15, -0.1) is 0 Å². The van der Waals surface area contributed by atoms with Crippen LogP contribution in [0.25, 0.3) is 0 Å². The number of aryl methyl sites for hydroxylation is 1. The Morgan fingerprint density at radius 1 is 0.852 bits per heavy atom. The number of rotatable bonds is 18. The summed E-state index contributed by atoms with van der Waals surface area (Å²) in [5, 5.41) is 5.93. The number of benzene rings is 4. The number of nitrogens with zero attached hydrogens (tertiary/aromatic N) is 3. The number of ether oxygens (including phenoxy) is 2. The molecule has 1 aliphatic heterocycles. The van der Waals surface area contributed by atoms with Gasteiger partial charge in [-0.05, 0) is 99.9 Å². The predicted octanol–water partition coefficient (Wildman–Crippen LogP) is 10.7. The molecule has 0 bridgehead atoms. The van der Waals surface area contributed by atoms with Gasteiger partial charge in [0.15, 0.2) is 15.7 Å². The molecule has 0 atom stereocenters. The Labute approximate surface area is 362 Å². The van der Waals surface area contributed by atoms with Gasteiger partial charge in [0.05, 0.1) is 47.0 Å². The van der Waals surface area contributed by atoms with Gasteiger partial charge >= 0.3 is 13.9 Å². The predicted molar refractivity (Wildman–Crippen MR) is 235 cm³/mol. The second kappa shape index (κ2) is 20.7. The highest BCUT2D eigenvalue weighted by Crippen LogP contribution is 2.51. The van der Waals surface area contributed by atoms with Gasteiger partial charge in [-0.25, -0.2) is 27.3 Å². The van der Waals surface area contributed by atoms with Crippen LogP contribution in [-0.2, 0) is 45.9 Å². The number of sulfone groups is 1. The Balaban J connectivity index is 1.08. The molecule has 0 aliphatic carbocycles. The van der Waals surface area contributed by atoms with Crippen molar-refractivity contribution in [2.24, 2.45) is 0 Å². The molecule has 2 heterocycles. The SMILES string of the molecule is Cc1cc(Nc2ncc(Cl)c(Nc3ccccc3S(=O)(=O)C(C)C)n2)c(OC(C)C)cc1C1CCN(C(=O)OCOP(=O)(OCc2ccccc2)OCc2ccccc2)CC1. The van der Waals surface area contributed by atoms with Crippen molar-refractivity contribution < 1.29 is 40.8 Å². The molecule has 2 N–H and O–H groups in total. The third-order valence-corrected chi connectivity index (χ3v) is 13.6. The van der Waals surface area contributed by atoms with Crippen LogP contribution in [0.4, 0.5) is 27.9 Å². The molecule has 1 aliphatic rings. The van der Waals surface area contributed by atoms with Gasteiger partial charge in [-0.3, -0.25) is 9.05 Å².